The molecule has 11 heteroatoms. The lowest BCUT2D eigenvalue weighted by Gasteiger charge is -2.33. The van der Waals surface area contributed by atoms with Gasteiger partial charge in [0.25, 0.3) is 11.8 Å². The zero-order valence-corrected chi connectivity index (χ0v) is 32.5. The van der Waals surface area contributed by atoms with E-state index < -0.39 is 23.0 Å². The van der Waals surface area contributed by atoms with Crippen LogP contribution in [0.2, 0.25) is 0 Å². The van der Waals surface area contributed by atoms with Crippen LogP contribution < -0.4 is 16.0 Å². The number of anilines is 2. The van der Waals surface area contributed by atoms with E-state index in [1.54, 1.807) is 62.4 Å². The minimum absolute atomic E-state index is 0.0712. The number of thiophene rings is 1. The van der Waals surface area contributed by atoms with Gasteiger partial charge in [0.2, 0.25) is 5.91 Å². The van der Waals surface area contributed by atoms with Gasteiger partial charge in [-0.25, -0.2) is 4.79 Å². The predicted octanol–water partition coefficient (Wildman–Crippen LogP) is 9.37. The Morgan fingerprint density at radius 1 is 1.00 bits per heavy atom. The number of thioether (sulfide) groups is 1. The van der Waals surface area contributed by atoms with Gasteiger partial charge in [-0.15, -0.1) is 23.1 Å². The van der Waals surface area contributed by atoms with E-state index >= 15 is 0 Å². The molecule has 3 N–H and O–H groups in total. The predicted molar refractivity (Wildman–Crippen MR) is 210 cm³/mol. The molecule has 8 nitrogen and oxygen atoms in total. The number of amides is 3. The van der Waals surface area contributed by atoms with Gasteiger partial charge in [0.05, 0.1) is 17.4 Å². The molecule has 266 valence electrons. The molecular formula is C40H42BrN3O5S2. The van der Waals surface area contributed by atoms with Crippen LogP contribution in [0.25, 0.3) is 6.08 Å². The summed E-state index contributed by atoms with van der Waals surface area (Å²) >= 11 is 6.23. The minimum Gasteiger partial charge on any atom is -0.462 e. The first-order valence-electron chi connectivity index (χ1n) is 16.9. The van der Waals surface area contributed by atoms with Gasteiger partial charge in [-0.1, -0.05) is 73.1 Å². The molecule has 1 aliphatic carbocycles. The number of carbonyl (C=O) groups excluding carboxylic acids is 4. The SMILES string of the molecule is CCOC(=O)c1c(NC(=O)C(C)Sc2cccc(NC(=O)/C(=C\c3ccc(Br)cc3)NC(=O)c3ccccc3)c2)sc2c1CCC(C(C)(C)C)C2. The van der Waals surface area contributed by atoms with Gasteiger partial charge in [-0.2, -0.15) is 0 Å². The number of benzene rings is 3. The van der Waals surface area contributed by atoms with E-state index in [1.807, 2.05) is 36.4 Å². The van der Waals surface area contributed by atoms with Gasteiger partial charge in [-0.3, -0.25) is 14.4 Å². The quantitative estimate of drug-likeness (QED) is 0.0794. The number of fused-ring (bicyclic) bond motifs is 1. The summed E-state index contributed by atoms with van der Waals surface area (Å²) in [6.45, 7) is 10.6. The highest BCUT2D eigenvalue weighted by Crippen LogP contribution is 2.44. The molecule has 3 aromatic carbocycles. The molecule has 0 bridgehead atoms. The smallest absolute Gasteiger partial charge is 0.341 e. The lowest BCUT2D eigenvalue weighted by Crippen LogP contribution is -2.30. The molecule has 2 unspecified atom stereocenters. The Labute approximate surface area is 316 Å². The third-order valence-electron chi connectivity index (χ3n) is 8.69. The molecule has 1 aliphatic rings. The summed E-state index contributed by atoms with van der Waals surface area (Å²) in [4.78, 5) is 55.2. The Morgan fingerprint density at radius 3 is 2.41 bits per heavy atom. The van der Waals surface area contributed by atoms with Crippen LogP contribution in [0.5, 0.6) is 0 Å². The van der Waals surface area contributed by atoms with Crippen LogP contribution in [-0.4, -0.2) is 35.5 Å². The molecule has 1 heterocycles. The Hall–Kier alpha value is -4.19. The van der Waals surface area contributed by atoms with Crippen molar-refractivity contribution in [2.24, 2.45) is 11.3 Å². The van der Waals surface area contributed by atoms with E-state index in [1.165, 1.54) is 23.1 Å². The number of rotatable bonds is 11. The fourth-order valence-corrected chi connectivity index (χ4v) is 8.33. The molecule has 0 saturated carbocycles. The Balaban J connectivity index is 1.30. The van der Waals surface area contributed by atoms with Gasteiger partial charge in [0.1, 0.15) is 10.7 Å². The number of carbonyl (C=O) groups is 4. The third kappa shape index (κ3) is 9.99. The average Bonchev–Trinajstić information content (AvgIpc) is 3.46. The van der Waals surface area contributed by atoms with Crippen molar-refractivity contribution in [1.29, 1.82) is 0 Å². The molecule has 0 fully saturated rings. The first-order chi connectivity index (χ1) is 24.3. The van der Waals surface area contributed by atoms with E-state index in [0.29, 0.717) is 27.7 Å². The summed E-state index contributed by atoms with van der Waals surface area (Å²) in [6.07, 6.45) is 4.23. The van der Waals surface area contributed by atoms with Crippen LogP contribution in [0, 0.1) is 11.3 Å². The second-order valence-electron chi connectivity index (χ2n) is 13.4. The maximum Gasteiger partial charge on any atom is 0.341 e. The second-order valence-corrected chi connectivity index (χ2v) is 16.8. The zero-order chi connectivity index (χ0) is 36.7. The topological polar surface area (TPSA) is 114 Å². The fourth-order valence-electron chi connectivity index (χ4n) is 5.82. The number of ether oxygens (including phenoxy) is 1. The molecule has 5 rings (SSSR count). The van der Waals surface area contributed by atoms with Crippen molar-refractivity contribution in [3.63, 3.8) is 0 Å². The van der Waals surface area contributed by atoms with Crippen molar-refractivity contribution in [3.05, 3.63) is 116 Å². The monoisotopic (exact) mass is 787 g/mol. The molecule has 3 amide bonds. The van der Waals surface area contributed by atoms with Crippen LogP contribution in [-0.2, 0) is 27.2 Å². The van der Waals surface area contributed by atoms with Crippen LogP contribution in [0.1, 0.15) is 77.8 Å². The van der Waals surface area contributed by atoms with E-state index in [9.17, 15) is 19.2 Å². The standard InChI is InChI=1S/C40H42BrN3O5S2/c1-6-49-39(48)34-31-20-17-27(40(3,4)5)22-33(31)51-38(34)44-35(45)24(2)50-30-14-10-13-29(23-30)42-37(47)32(21-25-15-18-28(41)19-16-25)43-36(46)26-11-8-7-9-12-26/h7-16,18-19,21,23-24,27H,6,17,20,22H2,1-5H3,(H,42,47)(H,43,46)(H,44,45)/b32-21+. The Bertz CT molecular complexity index is 1930. The van der Waals surface area contributed by atoms with Crippen LogP contribution in [0.3, 0.4) is 0 Å². The van der Waals surface area contributed by atoms with Crippen LogP contribution in [0.15, 0.2) is 93.9 Å². The number of esters is 1. The van der Waals surface area contributed by atoms with Crippen molar-refractivity contribution < 1.29 is 23.9 Å². The van der Waals surface area contributed by atoms with E-state index in [4.69, 9.17) is 4.74 Å². The van der Waals surface area contributed by atoms with Gasteiger partial charge in [0.15, 0.2) is 0 Å². The number of halogens is 1. The third-order valence-corrected chi connectivity index (χ3v) is 11.5. The summed E-state index contributed by atoms with van der Waals surface area (Å²) in [5, 5.41) is 8.70. The first-order valence-corrected chi connectivity index (χ1v) is 19.4. The van der Waals surface area contributed by atoms with Gasteiger partial charge >= 0.3 is 5.97 Å². The molecule has 51 heavy (non-hydrogen) atoms. The molecular weight excluding hydrogens is 746 g/mol. The second kappa shape index (κ2) is 16.9. The molecule has 0 radical (unpaired) electrons. The number of hydrogen-bond donors (Lipinski definition) is 3. The average molecular weight is 789 g/mol. The van der Waals surface area contributed by atoms with E-state index in [2.05, 4.69) is 52.7 Å². The molecule has 4 aromatic rings. The van der Waals surface area contributed by atoms with Crippen molar-refractivity contribution in [2.75, 3.05) is 17.2 Å². The summed E-state index contributed by atoms with van der Waals surface area (Å²) in [7, 11) is 0. The fraction of sp³-hybridized carbons (Fsp3) is 0.300. The summed E-state index contributed by atoms with van der Waals surface area (Å²) in [5.41, 5.74) is 3.33. The zero-order valence-electron chi connectivity index (χ0n) is 29.3. The van der Waals surface area contributed by atoms with Crippen molar-refractivity contribution in [1.82, 2.24) is 5.32 Å². The van der Waals surface area contributed by atoms with Crippen LogP contribution in [0.4, 0.5) is 10.7 Å². The Morgan fingerprint density at radius 2 is 1.73 bits per heavy atom. The lowest BCUT2D eigenvalue weighted by atomic mass is 9.72. The first kappa shape index (κ1) is 38.1. The van der Waals surface area contributed by atoms with Gasteiger partial charge < -0.3 is 20.7 Å². The molecule has 0 saturated heterocycles. The highest BCUT2D eigenvalue weighted by molar-refractivity contribution is 9.10. The van der Waals surface area contributed by atoms with Crippen molar-refractivity contribution in [2.45, 2.75) is 64.0 Å². The highest BCUT2D eigenvalue weighted by Gasteiger charge is 2.35. The Kier molecular flexibility index (Phi) is 12.6. The van der Waals surface area contributed by atoms with Gasteiger partial charge in [0, 0.05) is 25.5 Å². The molecule has 2 atom stereocenters. The number of nitrogens with one attached hydrogen (secondary N) is 3. The maximum atomic E-state index is 13.6. The maximum absolute atomic E-state index is 13.6. The largest absolute Gasteiger partial charge is 0.462 e. The van der Waals surface area contributed by atoms with Crippen molar-refractivity contribution in [3.8, 4) is 0 Å². The molecule has 1 aromatic heterocycles. The highest BCUT2D eigenvalue weighted by atomic mass is 79.9. The normalized spacial score (nSPS) is 14.9. The van der Waals surface area contributed by atoms with E-state index in [-0.39, 0.29) is 23.6 Å². The van der Waals surface area contributed by atoms with E-state index in [0.717, 1.165) is 44.6 Å². The molecule has 0 spiro atoms. The van der Waals surface area contributed by atoms with Gasteiger partial charge in [-0.05, 0) is 104 Å². The summed E-state index contributed by atoms with van der Waals surface area (Å²) in [5.74, 6) is -1.08. The van der Waals surface area contributed by atoms with Crippen molar-refractivity contribution >= 4 is 79.5 Å². The van der Waals surface area contributed by atoms with Crippen LogP contribution >= 0.6 is 39.0 Å². The summed E-state index contributed by atoms with van der Waals surface area (Å²) < 4.78 is 6.30. The minimum atomic E-state index is -0.523. The number of hydrogen-bond acceptors (Lipinski definition) is 7. The summed E-state index contributed by atoms with van der Waals surface area (Å²) in [6, 6.07) is 23.2. The lowest BCUT2D eigenvalue weighted by molar-refractivity contribution is -0.115. The molecule has 0 aliphatic heterocycles.